The van der Waals surface area contributed by atoms with E-state index in [-0.39, 0.29) is 17.4 Å². The third-order valence-electron chi connectivity index (χ3n) is 4.88. The van der Waals surface area contributed by atoms with Crippen LogP contribution in [0.25, 0.3) is 0 Å². The predicted molar refractivity (Wildman–Crippen MR) is 84.1 cm³/mol. The van der Waals surface area contributed by atoms with Crippen molar-refractivity contribution in [3.63, 3.8) is 0 Å². The van der Waals surface area contributed by atoms with E-state index >= 15 is 0 Å². The van der Waals surface area contributed by atoms with Crippen molar-refractivity contribution >= 4 is 17.6 Å². The van der Waals surface area contributed by atoms with E-state index in [2.05, 4.69) is 5.32 Å². The lowest BCUT2D eigenvalue weighted by molar-refractivity contribution is -0.118. The highest BCUT2D eigenvalue weighted by molar-refractivity contribution is 6.10. The van der Waals surface area contributed by atoms with Gasteiger partial charge in [0.05, 0.1) is 18.1 Å². The maximum Gasteiger partial charge on any atom is 0.335 e. The Morgan fingerprint density at radius 3 is 2.83 bits per heavy atom. The van der Waals surface area contributed by atoms with Crippen LogP contribution in [0.4, 0.5) is 5.69 Å². The van der Waals surface area contributed by atoms with Crippen LogP contribution in [0.3, 0.4) is 0 Å². The Labute approximate surface area is 132 Å². The SMILES string of the molecule is COc1ccccc1[C@H]1C[C@]12C(=O)Nc1ccc(C(=O)O)cc12. The average Bonchev–Trinajstić information content (AvgIpc) is 3.24. The van der Waals surface area contributed by atoms with Crippen LogP contribution in [-0.4, -0.2) is 24.1 Å². The maximum atomic E-state index is 12.6. The fraction of sp³-hybridized carbons (Fsp3) is 0.222. The number of hydrogen-bond acceptors (Lipinski definition) is 3. The summed E-state index contributed by atoms with van der Waals surface area (Å²) < 4.78 is 5.41. The van der Waals surface area contributed by atoms with Gasteiger partial charge in [0.25, 0.3) is 0 Å². The number of amides is 1. The van der Waals surface area contributed by atoms with Gasteiger partial charge in [-0.05, 0) is 41.8 Å². The van der Waals surface area contributed by atoms with Gasteiger partial charge in [-0.15, -0.1) is 0 Å². The van der Waals surface area contributed by atoms with Gasteiger partial charge in [0.15, 0.2) is 0 Å². The van der Waals surface area contributed by atoms with Gasteiger partial charge in [0.2, 0.25) is 5.91 Å². The minimum absolute atomic E-state index is 0.00365. The number of aromatic carboxylic acids is 1. The summed E-state index contributed by atoms with van der Waals surface area (Å²) in [6, 6.07) is 12.5. The van der Waals surface area contributed by atoms with Crippen LogP contribution in [0.15, 0.2) is 42.5 Å². The molecule has 1 amide bonds. The van der Waals surface area contributed by atoms with Crippen molar-refractivity contribution in [2.24, 2.45) is 0 Å². The van der Waals surface area contributed by atoms with Gasteiger partial charge in [0.1, 0.15) is 5.75 Å². The topological polar surface area (TPSA) is 75.6 Å². The number of carboxylic acids is 1. The number of nitrogens with one attached hydrogen (secondary N) is 1. The number of hydrogen-bond donors (Lipinski definition) is 2. The monoisotopic (exact) mass is 309 g/mol. The molecule has 1 saturated carbocycles. The molecule has 0 unspecified atom stereocenters. The Morgan fingerprint density at radius 1 is 1.30 bits per heavy atom. The number of ether oxygens (including phenoxy) is 1. The normalized spacial score (nSPS) is 24.2. The van der Waals surface area contributed by atoms with Crippen molar-refractivity contribution in [1.29, 1.82) is 0 Å². The van der Waals surface area contributed by atoms with Gasteiger partial charge in [-0.2, -0.15) is 0 Å². The molecule has 1 aliphatic carbocycles. The standard InChI is InChI=1S/C18H15NO4/c1-23-15-5-3-2-4-11(15)13-9-18(13)12-8-10(16(20)21)6-7-14(12)19-17(18)22/h2-8,13H,9H2,1H3,(H,19,22)(H,20,21)/t13-,18-/m1/s1. The summed E-state index contributed by atoms with van der Waals surface area (Å²) >= 11 is 0. The summed E-state index contributed by atoms with van der Waals surface area (Å²) in [5, 5.41) is 12.1. The van der Waals surface area contributed by atoms with Crippen molar-refractivity contribution in [3.8, 4) is 5.75 Å². The molecular weight excluding hydrogens is 294 g/mol. The molecule has 5 nitrogen and oxygen atoms in total. The third-order valence-corrected chi connectivity index (χ3v) is 4.88. The van der Waals surface area contributed by atoms with Crippen LogP contribution in [-0.2, 0) is 10.2 Å². The fourth-order valence-corrected chi connectivity index (χ4v) is 3.65. The number of methoxy groups -OCH3 is 1. The van der Waals surface area contributed by atoms with Crippen LogP contribution in [0.1, 0.15) is 33.8 Å². The van der Waals surface area contributed by atoms with E-state index < -0.39 is 11.4 Å². The Hall–Kier alpha value is -2.82. The first-order valence-corrected chi connectivity index (χ1v) is 7.40. The van der Waals surface area contributed by atoms with E-state index in [1.807, 2.05) is 24.3 Å². The van der Waals surface area contributed by atoms with Crippen molar-refractivity contribution in [2.45, 2.75) is 17.8 Å². The van der Waals surface area contributed by atoms with Crippen LogP contribution in [0.5, 0.6) is 5.75 Å². The molecule has 0 saturated heterocycles. The van der Waals surface area contributed by atoms with Gasteiger partial charge in [-0.25, -0.2) is 4.79 Å². The number of rotatable bonds is 3. The first kappa shape index (κ1) is 13.8. The average molecular weight is 309 g/mol. The molecule has 1 aliphatic heterocycles. The number of fused-ring (bicyclic) bond motifs is 2. The Balaban J connectivity index is 1.81. The van der Waals surface area contributed by atoms with Gasteiger partial charge in [-0.1, -0.05) is 18.2 Å². The second-order valence-corrected chi connectivity index (χ2v) is 5.99. The summed E-state index contributed by atoms with van der Waals surface area (Å²) in [7, 11) is 1.61. The van der Waals surface area contributed by atoms with Crippen molar-refractivity contribution in [2.75, 3.05) is 12.4 Å². The number of carboxylic acid groups (broad SMARTS) is 1. The van der Waals surface area contributed by atoms with Crippen LogP contribution in [0, 0.1) is 0 Å². The largest absolute Gasteiger partial charge is 0.496 e. The molecule has 2 aromatic rings. The molecule has 2 atom stereocenters. The third kappa shape index (κ3) is 1.79. The molecule has 0 bridgehead atoms. The van der Waals surface area contributed by atoms with Crippen LogP contribution >= 0.6 is 0 Å². The Bertz CT molecular complexity index is 845. The first-order chi connectivity index (χ1) is 11.1. The molecule has 1 heterocycles. The van der Waals surface area contributed by atoms with Crippen LogP contribution in [0.2, 0.25) is 0 Å². The molecular formula is C18H15NO4. The quantitative estimate of drug-likeness (QED) is 0.914. The highest BCUT2D eigenvalue weighted by Gasteiger charge is 2.65. The molecule has 2 aliphatic rings. The zero-order valence-electron chi connectivity index (χ0n) is 12.5. The molecule has 4 rings (SSSR count). The van der Waals surface area contributed by atoms with Crippen LogP contribution < -0.4 is 10.1 Å². The van der Waals surface area contributed by atoms with Gasteiger partial charge in [-0.3, -0.25) is 4.79 Å². The molecule has 2 N–H and O–H groups in total. The van der Waals surface area contributed by atoms with Crippen molar-refractivity contribution in [1.82, 2.24) is 0 Å². The number of benzene rings is 2. The van der Waals surface area contributed by atoms with E-state index in [1.54, 1.807) is 19.2 Å². The minimum Gasteiger partial charge on any atom is -0.496 e. The van der Waals surface area contributed by atoms with E-state index in [0.717, 1.165) is 16.9 Å². The molecule has 23 heavy (non-hydrogen) atoms. The highest BCUT2D eigenvalue weighted by atomic mass is 16.5. The first-order valence-electron chi connectivity index (χ1n) is 7.40. The Kier molecular flexibility index (Phi) is 2.75. The molecule has 0 radical (unpaired) electrons. The van der Waals surface area contributed by atoms with E-state index in [9.17, 15) is 14.7 Å². The number of anilines is 1. The number of para-hydroxylation sites is 1. The lowest BCUT2D eigenvalue weighted by Gasteiger charge is -2.12. The lowest BCUT2D eigenvalue weighted by Crippen LogP contribution is -2.21. The van der Waals surface area contributed by atoms with Gasteiger partial charge in [0, 0.05) is 11.6 Å². The predicted octanol–water partition coefficient (Wildman–Crippen LogP) is 2.77. The molecule has 5 heteroatoms. The van der Waals surface area contributed by atoms with E-state index in [0.29, 0.717) is 12.1 Å². The number of carbonyl (C=O) groups excluding carboxylic acids is 1. The molecule has 2 aromatic carbocycles. The summed E-state index contributed by atoms with van der Waals surface area (Å²) in [6.07, 6.45) is 0.662. The zero-order chi connectivity index (χ0) is 16.2. The fourth-order valence-electron chi connectivity index (χ4n) is 3.65. The van der Waals surface area contributed by atoms with E-state index in [4.69, 9.17) is 4.74 Å². The second-order valence-electron chi connectivity index (χ2n) is 5.99. The minimum atomic E-state index is -0.989. The lowest BCUT2D eigenvalue weighted by atomic mass is 9.90. The summed E-state index contributed by atoms with van der Waals surface area (Å²) in [5.41, 5.74) is 2.00. The highest BCUT2D eigenvalue weighted by Crippen LogP contribution is 2.66. The summed E-state index contributed by atoms with van der Waals surface area (Å²) in [4.78, 5) is 23.8. The second kappa shape index (κ2) is 4.59. The molecule has 1 fully saturated rings. The van der Waals surface area contributed by atoms with Gasteiger partial charge >= 0.3 is 5.97 Å². The maximum absolute atomic E-state index is 12.6. The zero-order valence-corrected chi connectivity index (χ0v) is 12.5. The molecule has 1 spiro atoms. The van der Waals surface area contributed by atoms with Crippen molar-refractivity contribution < 1.29 is 19.4 Å². The molecule has 116 valence electrons. The van der Waals surface area contributed by atoms with Crippen molar-refractivity contribution in [3.05, 3.63) is 59.2 Å². The summed E-state index contributed by atoms with van der Waals surface area (Å²) in [5.74, 6) is -0.295. The van der Waals surface area contributed by atoms with E-state index in [1.165, 1.54) is 6.07 Å². The summed E-state index contributed by atoms with van der Waals surface area (Å²) in [6.45, 7) is 0. The smallest absolute Gasteiger partial charge is 0.335 e. The molecule has 0 aromatic heterocycles. The van der Waals surface area contributed by atoms with Gasteiger partial charge < -0.3 is 15.2 Å². The number of carbonyl (C=O) groups is 2. The Morgan fingerprint density at radius 2 is 2.09 bits per heavy atom.